The van der Waals surface area contributed by atoms with Crippen LogP contribution in [0.1, 0.15) is 36.8 Å². The lowest BCUT2D eigenvalue weighted by Crippen LogP contribution is -2.29. The number of aryl methyl sites for hydroxylation is 1. The Labute approximate surface area is 199 Å². The smallest absolute Gasteiger partial charge is 0.138 e. The highest BCUT2D eigenvalue weighted by molar-refractivity contribution is 5.94. The summed E-state index contributed by atoms with van der Waals surface area (Å²) in [7, 11) is 0. The molecular formula is C29H29N3O2. The summed E-state index contributed by atoms with van der Waals surface area (Å²) in [6, 6.07) is 19.0. The molecule has 6 rings (SSSR count). The first-order valence-electron chi connectivity index (χ1n) is 11.9. The molecule has 3 N–H and O–H groups in total. The van der Waals surface area contributed by atoms with Crippen LogP contribution in [-0.2, 0) is 0 Å². The molecule has 0 saturated heterocycles. The van der Waals surface area contributed by atoms with Crippen LogP contribution in [0.5, 0.6) is 17.2 Å². The molecule has 1 heterocycles. The van der Waals surface area contributed by atoms with Crippen LogP contribution in [0.4, 0.5) is 0 Å². The summed E-state index contributed by atoms with van der Waals surface area (Å²) in [5.74, 6) is 2.38. The molecule has 172 valence electrons. The van der Waals surface area contributed by atoms with Crippen LogP contribution in [-0.4, -0.2) is 23.2 Å². The van der Waals surface area contributed by atoms with Crippen LogP contribution in [0, 0.1) is 6.92 Å². The van der Waals surface area contributed by atoms with Crippen molar-refractivity contribution in [3.8, 4) is 17.2 Å². The minimum Gasteiger partial charge on any atom is -0.491 e. The number of hydrogen-bond acceptors (Lipinski definition) is 5. The van der Waals surface area contributed by atoms with Crippen LogP contribution in [0.15, 0.2) is 67.4 Å². The van der Waals surface area contributed by atoms with Gasteiger partial charge in [0.1, 0.15) is 23.9 Å². The van der Waals surface area contributed by atoms with E-state index in [0.29, 0.717) is 12.6 Å². The summed E-state index contributed by atoms with van der Waals surface area (Å²) in [5.41, 5.74) is 10.0. The zero-order valence-corrected chi connectivity index (χ0v) is 19.4. The molecule has 0 bridgehead atoms. The van der Waals surface area contributed by atoms with E-state index in [-0.39, 0.29) is 5.54 Å². The van der Waals surface area contributed by atoms with Gasteiger partial charge in [0.2, 0.25) is 0 Å². The SMILES string of the molecule is C=C(NC1CC1)c1cccc2cc(Oc3ccnc4cc(OCC5(N)CC5)c(C)cc34)ccc12. The Hall–Kier alpha value is -3.57. The first-order chi connectivity index (χ1) is 16.5. The lowest BCUT2D eigenvalue weighted by atomic mass is 10.0. The highest BCUT2D eigenvalue weighted by Crippen LogP contribution is 2.37. The first-order valence-corrected chi connectivity index (χ1v) is 11.9. The topological polar surface area (TPSA) is 69.4 Å². The number of nitrogens with one attached hydrogen (secondary N) is 1. The molecule has 2 fully saturated rings. The number of fused-ring (bicyclic) bond motifs is 2. The Balaban J connectivity index is 1.28. The number of nitrogens with two attached hydrogens (primary N) is 1. The molecule has 0 aliphatic heterocycles. The van der Waals surface area contributed by atoms with E-state index in [1.807, 2.05) is 25.1 Å². The van der Waals surface area contributed by atoms with Gasteiger partial charge in [-0.3, -0.25) is 4.98 Å². The van der Waals surface area contributed by atoms with Crippen molar-refractivity contribution in [2.75, 3.05) is 6.61 Å². The number of aromatic nitrogens is 1. The molecule has 1 aromatic heterocycles. The zero-order valence-electron chi connectivity index (χ0n) is 19.4. The van der Waals surface area contributed by atoms with Crippen molar-refractivity contribution in [2.45, 2.75) is 44.2 Å². The molecule has 34 heavy (non-hydrogen) atoms. The maximum absolute atomic E-state index is 6.35. The van der Waals surface area contributed by atoms with Gasteiger partial charge in [0.25, 0.3) is 0 Å². The first kappa shape index (κ1) is 21.0. The largest absolute Gasteiger partial charge is 0.491 e. The lowest BCUT2D eigenvalue weighted by Gasteiger charge is -2.15. The molecule has 0 amide bonds. The molecule has 3 aromatic carbocycles. The van der Waals surface area contributed by atoms with Crippen molar-refractivity contribution in [2.24, 2.45) is 5.73 Å². The van der Waals surface area contributed by atoms with Gasteiger partial charge < -0.3 is 20.5 Å². The number of nitrogens with zero attached hydrogens (tertiary/aromatic N) is 1. The molecule has 5 heteroatoms. The molecule has 0 atom stereocenters. The number of hydrogen-bond donors (Lipinski definition) is 2. The van der Waals surface area contributed by atoms with Crippen LogP contribution in [0.2, 0.25) is 0 Å². The van der Waals surface area contributed by atoms with Gasteiger partial charge in [-0.1, -0.05) is 24.8 Å². The third-order valence-electron chi connectivity index (χ3n) is 6.77. The van der Waals surface area contributed by atoms with Gasteiger partial charge in [0.05, 0.1) is 11.1 Å². The van der Waals surface area contributed by atoms with Gasteiger partial charge in [-0.25, -0.2) is 0 Å². The van der Waals surface area contributed by atoms with E-state index in [9.17, 15) is 0 Å². The number of ether oxygens (including phenoxy) is 2. The van der Waals surface area contributed by atoms with Crippen LogP contribution in [0.25, 0.3) is 27.4 Å². The van der Waals surface area contributed by atoms with Gasteiger partial charge in [-0.2, -0.15) is 0 Å². The molecule has 2 aliphatic carbocycles. The maximum atomic E-state index is 6.35. The molecule has 2 saturated carbocycles. The Kier molecular flexibility index (Phi) is 4.96. The molecule has 4 aromatic rings. The van der Waals surface area contributed by atoms with Crippen molar-refractivity contribution in [1.29, 1.82) is 0 Å². The van der Waals surface area contributed by atoms with E-state index in [2.05, 4.69) is 53.3 Å². The number of rotatable bonds is 8. The van der Waals surface area contributed by atoms with Crippen molar-refractivity contribution < 1.29 is 9.47 Å². The fraction of sp³-hybridized carbons (Fsp3) is 0.276. The van der Waals surface area contributed by atoms with Gasteiger partial charge in [-0.15, -0.1) is 0 Å². The second kappa shape index (κ2) is 8.03. The van der Waals surface area contributed by atoms with E-state index in [1.54, 1.807) is 6.20 Å². The van der Waals surface area contributed by atoms with Crippen LogP contribution < -0.4 is 20.5 Å². The van der Waals surface area contributed by atoms with Crippen LogP contribution >= 0.6 is 0 Å². The molecule has 2 aliphatic rings. The summed E-state index contributed by atoms with van der Waals surface area (Å²) in [4.78, 5) is 4.55. The molecule has 0 spiro atoms. The Morgan fingerprint density at radius 1 is 1.09 bits per heavy atom. The minimum absolute atomic E-state index is 0.157. The monoisotopic (exact) mass is 451 g/mol. The van der Waals surface area contributed by atoms with E-state index in [4.69, 9.17) is 15.2 Å². The van der Waals surface area contributed by atoms with E-state index in [0.717, 1.165) is 63.2 Å². The normalized spacial score (nSPS) is 16.4. The fourth-order valence-electron chi connectivity index (χ4n) is 4.29. The maximum Gasteiger partial charge on any atom is 0.138 e. The predicted octanol–water partition coefficient (Wildman–Crippen LogP) is 6.08. The lowest BCUT2D eigenvalue weighted by molar-refractivity contribution is 0.278. The number of benzene rings is 3. The summed E-state index contributed by atoms with van der Waals surface area (Å²) in [5, 5.41) is 6.76. The van der Waals surface area contributed by atoms with Gasteiger partial charge in [0.15, 0.2) is 0 Å². The van der Waals surface area contributed by atoms with E-state index in [1.165, 1.54) is 18.2 Å². The second-order valence-corrected chi connectivity index (χ2v) is 9.78. The highest BCUT2D eigenvalue weighted by atomic mass is 16.5. The van der Waals surface area contributed by atoms with E-state index < -0.39 is 0 Å². The molecule has 0 radical (unpaired) electrons. The quantitative estimate of drug-likeness (QED) is 0.340. The summed E-state index contributed by atoms with van der Waals surface area (Å²) in [6.07, 6.45) is 6.27. The zero-order chi connectivity index (χ0) is 23.3. The summed E-state index contributed by atoms with van der Waals surface area (Å²) in [6.45, 7) is 6.84. The fourth-order valence-corrected chi connectivity index (χ4v) is 4.29. The molecule has 5 nitrogen and oxygen atoms in total. The van der Waals surface area contributed by atoms with Gasteiger partial charge in [0, 0.05) is 35.0 Å². The Morgan fingerprint density at radius 3 is 2.74 bits per heavy atom. The molecule has 0 unspecified atom stereocenters. The second-order valence-electron chi connectivity index (χ2n) is 9.78. The average Bonchev–Trinajstić information content (AvgIpc) is 3.77. The minimum atomic E-state index is -0.157. The molecular weight excluding hydrogens is 422 g/mol. The van der Waals surface area contributed by atoms with Gasteiger partial charge in [-0.05, 0) is 79.3 Å². The average molecular weight is 452 g/mol. The van der Waals surface area contributed by atoms with Crippen molar-refractivity contribution in [3.05, 3.63) is 78.5 Å². The standard InChI is InChI=1S/C29H29N3O2/c1-18-14-25-26(16-28(18)33-17-29(30)11-12-29)31-13-10-27(25)34-22-8-9-24-20(15-22)4-3-5-23(24)19(2)32-21-6-7-21/h3-5,8-10,13-16,21,32H,2,6-7,11-12,17,30H2,1H3. The predicted molar refractivity (Wildman–Crippen MR) is 137 cm³/mol. The third kappa shape index (κ3) is 4.19. The summed E-state index contributed by atoms with van der Waals surface area (Å²) >= 11 is 0. The third-order valence-corrected chi connectivity index (χ3v) is 6.77. The Morgan fingerprint density at radius 2 is 1.94 bits per heavy atom. The van der Waals surface area contributed by atoms with Crippen molar-refractivity contribution in [3.63, 3.8) is 0 Å². The van der Waals surface area contributed by atoms with Crippen LogP contribution in [0.3, 0.4) is 0 Å². The van der Waals surface area contributed by atoms with Gasteiger partial charge >= 0.3 is 0 Å². The summed E-state index contributed by atoms with van der Waals surface area (Å²) < 4.78 is 12.4. The van der Waals surface area contributed by atoms with Crippen molar-refractivity contribution >= 4 is 27.4 Å². The highest BCUT2D eigenvalue weighted by Gasteiger charge is 2.39. The number of pyridine rings is 1. The van der Waals surface area contributed by atoms with Crippen molar-refractivity contribution in [1.82, 2.24) is 10.3 Å². The van der Waals surface area contributed by atoms with E-state index >= 15 is 0 Å². The Bertz CT molecular complexity index is 1420.